The van der Waals surface area contributed by atoms with Gasteiger partial charge in [0.15, 0.2) is 5.96 Å². The first kappa shape index (κ1) is 18.1. The molecule has 0 aromatic heterocycles. The van der Waals surface area contributed by atoms with Crippen LogP contribution in [0.5, 0.6) is 5.75 Å². The number of rotatable bonds is 4. The zero-order chi connectivity index (χ0) is 18.0. The number of fused-ring (bicyclic) bond motifs is 2. The van der Waals surface area contributed by atoms with Crippen LogP contribution in [0.4, 0.5) is 0 Å². The summed E-state index contributed by atoms with van der Waals surface area (Å²) in [4.78, 5) is 4.37. The van der Waals surface area contributed by atoms with Crippen LogP contribution in [-0.4, -0.2) is 36.9 Å². The molecule has 0 aliphatic carbocycles. The predicted octanol–water partition coefficient (Wildman–Crippen LogP) is 3.16. The molecule has 5 heteroatoms. The summed E-state index contributed by atoms with van der Waals surface area (Å²) < 4.78 is 12.0. The fourth-order valence-corrected chi connectivity index (χ4v) is 3.57. The summed E-state index contributed by atoms with van der Waals surface area (Å²) in [5, 5.41) is 6.94. The molecule has 2 bridgehead atoms. The maximum atomic E-state index is 6.13. The lowest BCUT2D eigenvalue weighted by Crippen LogP contribution is -2.47. The summed E-state index contributed by atoms with van der Waals surface area (Å²) in [6.07, 6.45) is 4.20. The number of aliphatic imine (C=N–C) groups is 1. The second-order valence-corrected chi connectivity index (χ2v) is 8.11. The van der Waals surface area contributed by atoms with Crippen LogP contribution in [-0.2, 0) is 11.3 Å². The molecule has 3 atom stereocenters. The molecule has 3 rings (SSSR count). The number of nitrogens with zero attached hydrogens (tertiary/aromatic N) is 1. The first-order valence-electron chi connectivity index (χ1n) is 9.25. The molecule has 138 valence electrons. The highest BCUT2D eigenvalue weighted by Crippen LogP contribution is 2.34. The van der Waals surface area contributed by atoms with Crippen molar-refractivity contribution in [1.82, 2.24) is 10.6 Å². The van der Waals surface area contributed by atoms with E-state index in [0.29, 0.717) is 24.8 Å². The summed E-state index contributed by atoms with van der Waals surface area (Å²) in [5.74, 6) is 1.75. The Hall–Kier alpha value is -1.75. The molecule has 2 fully saturated rings. The van der Waals surface area contributed by atoms with Gasteiger partial charge in [-0.05, 0) is 58.6 Å². The van der Waals surface area contributed by atoms with Crippen LogP contribution in [0.2, 0.25) is 0 Å². The van der Waals surface area contributed by atoms with Gasteiger partial charge in [-0.15, -0.1) is 0 Å². The van der Waals surface area contributed by atoms with Crippen molar-refractivity contribution in [3.05, 3.63) is 29.3 Å². The lowest BCUT2D eigenvalue weighted by atomic mass is 9.96. The minimum absolute atomic E-state index is 0.219. The third-order valence-corrected chi connectivity index (χ3v) is 4.74. The van der Waals surface area contributed by atoms with Gasteiger partial charge in [-0.2, -0.15) is 0 Å². The molecule has 3 unspecified atom stereocenters. The third-order valence-electron chi connectivity index (χ3n) is 4.74. The van der Waals surface area contributed by atoms with Gasteiger partial charge in [-0.3, -0.25) is 4.99 Å². The molecular formula is C20H31N3O2. The van der Waals surface area contributed by atoms with Crippen molar-refractivity contribution < 1.29 is 9.47 Å². The van der Waals surface area contributed by atoms with Crippen molar-refractivity contribution in [1.29, 1.82) is 0 Å². The second kappa shape index (κ2) is 7.24. The largest absolute Gasteiger partial charge is 0.488 e. The van der Waals surface area contributed by atoms with Crippen LogP contribution >= 0.6 is 0 Å². The quantitative estimate of drug-likeness (QED) is 0.650. The summed E-state index contributed by atoms with van der Waals surface area (Å²) in [7, 11) is 1.81. The van der Waals surface area contributed by atoms with Crippen molar-refractivity contribution >= 4 is 5.96 Å². The van der Waals surface area contributed by atoms with E-state index in [-0.39, 0.29) is 5.60 Å². The lowest BCUT2D eigenvalue weighted by molar-refractivity contribution is 0.0992. The first-order valence-corrected chi connectivity index (χ1v) is 9.25. The minimum atomic E-state index is -0.219. The molecule has 5 nitrogen and oxygen atoms in total. The Kier molecular flexibility index (Phi) is 5.23. The molecule has 1 aromatic carbocycles. The molecule has 25 heavy (non-hydrogen) atoms. The Balaban J connectivity index is 1.61. The van der Waals surface area contributed by atoms with Gasteiger partial charge in [0.25, 0.3) is 0 Å². The maximum absolute atomic E-state index is 6.13. The van der Waals surface area contributed by atoms with Crippen molar-refractivity contribution in [2.75, 3.05) is 7.05 Å². The second-order valence-electron chi connectivity index (χ2n) is 8.11. The highest BCUT2D eigenvalue weighted by molar-refractivity contribution is 5.80. The van der Waals surface area contributed by atoms with E-state index in [1.165, 1.54) is 12.0 Å². The standard InChI is InChI=1S/C20H31N3O2/c1-13-6-7-14(18(10-13)25-20(2,3)4)12-22-19(21-5)23-16-11-15-8-9-17(16)24-15/h6-7,10,15-17H,8-9,11-12H2,1-5H3,(H2,21,22,23). The summed E-state index contributed by atoms with van der Waals surface area (Å²) >= 11 is 0. The number of ether oxygens (including phenoxy) is 2. The zero-order valence-corrected chi connectivity index (χ0v) is 16.1. The predicted molar refractivity (Wildman–Crippen MR) is 101 cm³/mol. The van der Waals surface area contributed by atoms with Gasteiger partial charge in [0, 0.05) is 19.2 Å². The fourth-order valence-electron chi connectivity index (χ4n) is 3.57. The number of nitrogens with one attached hydrogen (secondary N) is 2. The Labute approximate surface area is 151 Å². The number of hydrogen-bond donors (Lipinski definition) is 2. The lowest BCUT2D eigenvalue weighted by Gasteiger charge is -2.25. The molecule has 2 N–H and O–H groups in total. The molecule has 0 saturated carbocycles. The van der Waals surface area contributed by atoms with Gasteiger partial charge in [-0.1, -0.05) is 12.1 Å². The van der Waals surface area contributed by atoms with Crippen molar-refractivity contribution in [2.24, 2.45) is 4.99 Å². The number of aryl methyl sites for hydroxylation is 1. The smallest absolute Gasteiger partial charge is 0.191 e. The van der Waals surface area contributed by atoms with Crippen molar-refractivity contribution in [2.45, 2.75) is 77.4 Å². The van der Waals surface area contributed by atoms with Crippen LogP contribution < -0.4 is 15.4 Å². The van der Waals surface area contributed by atoms with Gasteiger partial charge >= 0.3 is 0 Å². The molecule has 2 saturated heterocycles. The fraction of sp³-hybridized carbons (Fsp3) is 0.650. The molecular weight excluding hydrogens is 314 g/mol. The number of hydrogen-bond acceptors (Lipinski definition) is 3. The molecule has 0 radical (unpaired) electrons. The van der Waals surface area contributed by atoms with E-state index in [9.17, 15) is 0 Å². The van der Waals surface area contributed by atoms with Gasteiger partial charge in [0.05, 0.1) is 18.2 Å². The molecule has 2 aliphatic heterocycles. The van der Waals surface area contributed by atoms with Crippen LogP contribution in [0.15, 0.2) is 23.2 Å². The highest BCUT2D eigenvalue weighted by Gasteiger charge is 2.41. The van der Waals surface area contributed by atoms with Gasteiger partial charge in [0.1, 0.15) is 11.4 Å². The first-order chi connectivity index (χ1) is 11.8. The van der Waals surface area contributed by atoms with E-state index < -0.39 is 0 Å². The average Bonchev–Trinajstić information content (AvgIpc) is 3.14. The Morgan fingerprint density at radius 3 is 2.72 bits per heavy atom. The molecule has 0 spiro atoms. The van der Waals surface area contributed by atoms with E-state index in [1.54, 1.807) is 0 Å². The van der Waals surface area contributed by atoms with Crippen molar-refractivity contribution in [3.63, 3.8) is 0 Å². The van der Waals surface area contributed by atoms with Gasteiger partial charge in [-0.25, -0.2) is 0 Å². The zero-order valence-electron chi connectivity index (χ0n) is 16.1. The topological polar surface area (TPSA) is 54.9 Å². The number of guanidine groups is 1. The van der Waals surface area contributed by atoms with Crippen LogP contribution in [0, 0.1) is 6.92 Å². The van der Waals surface area contributed by atoms with Gasteiger partial charge < -0.3 is 20.1 Å². The summed E-state index contributed by atoms with van der Waals surface area (Å²) in [5.41, 5.74) is 2.11. The third kappa shape index (κ3) is 4.66. The Morgan fingerprint density at radius 2 is 2.12 bits per heavy atom. The minimum Gasteiger partial charge on any atom is -0.488 e. The summed E-state index contributed by atoms with van der Waals surface area (Å²) in [6.45, 7) is 8.97. The average molecular weight is 345 g/mol. The molecule has 2 aliphatic rings. The van der Waals surface area contributed by atoms with Crippen LogP contribution in [0.3, 0.4) is 0 Å². The number of benzene rings is 1. The SMILES string of the molecule is CN=C(NCc1ccc(C)cc1OC(C)(C)C)NC1CC2CCC1O2. The molecule has 0 amide bonds. The van der Waals surface area contributed by atoms with Crippen LogP contribution in [0.1, 0.15) is 51.2 Å². The Bertz CT molecular complexity index is 636. The van der Waals surface area contributed by atoms with E-state index in [4.69, 9.17) is 9.47 Å². The van der Waals surface area contributed by atoms with Crippen LogP contribution in [0.25, 0.3) is 0 Å². The van der Waals surface area contributed by atoms with Gasteiger partial charge in [0.2, 0.25) is 0 Å². The van der Waals surface area contributed by atoms with E-state index in [0.717, 1.165) is 30.1 Å². The van der Waals surface area contributed by atoms with E-state index in [2.05, 4.69) is 61.5 Å². The highest BCUT2D eigenvalue weighted by atomic mass is 16.5. The maximum Gasteiger partial charge on any atom is 0.191 e. The normalized spacial score (nSPS) is 26.0. The molecule has 1 aromatic rings. The molecule has 2 heterocycles. The van der Waals surface area contributed by atoms with E-state index in [1.807, 2.05) is 7.05 Å². The van der Waals surface area contributed by atoms with E-state index >= 15 is 0 Å². The monoisotopic (exact) mass is 345 g/mol. The summed E-state index contributed by atoms with van der Waals surface area (Å²) in [6, 6.07) is 6.71. The Morgan fingerprint density at radius 1 is 1.32 bits per heavy atom. The van der Waals surface area contributed by atoms with Crippen molar-refractivity contribution in [3.8, 4) is 5.75 Å².